The summed E-state index contributed by atoms with van der Waals surface area (Å²) >= 11 is 6.17. The quantitative estimate of drug-likeness (QED) is 0.558. The van der Waals surface area contributed by atoms with Gasteiger partial charge in [0.05, 0.1) is 11.3 Å². The van der Waals surface area contributed by atoms with Crippen molar-refractivity contribution in [3.63, 3.8) is 0 Å². The lowest BCUT2D eigenvalue weighted by Crippen LogP contribution is -2.33. The number of nitrogens with zero attached hydrogens (tertiary/aromatic N) is 1. The van der Waals surface area contributed by atoms with Gasteiger partial charge in [0.25, 0.3) is 11.8 Å². The van der Waals surface area contributed by atoms with E-state index >= 15 is 0 Å². The van der Waals surface area contributed by atoms with Crippen molar-refractivity contribution in [2.75, 3.05) is 10.2 Å². The van der Waals surface area contributed by atoms with Gasteiger partial charge in [-0.05, 0) is 55.7 Å². The Kier molecular flexibility index (Phi) is 5.18. The zero-order chi connectivity index (χ0) is 21.4. The van der Waals surface area contributed by atoms with E-state index in [0.717, 1.165) is 22.4 Å². The van der Waals surface area contributed by atoms with Gasteiger partial charge in [0.2, 0.25) is 0 Å². The molecular formula is C25H21ClN2O2. The smallest absolute Gasteiger partial charge is 0.282 e. The number of aryl methyl sites for hydroxylation is 3. The lowest BCUT2D eigenvalue weighted by atomic mass is 10.0. The molecule has 3 aromatic rings. The molecule has 0 aromatic heterocycles. The van der Waals surface area contributed by atoms with Gasteiger partial charge in [0, 0.05) is 10.7 Å². The van der Waals surface area contributed by atoms with E-state index in [-0.39, 0.29) is 11.6 Å². The summed E-state index contributed by atoms with van der Waals surface area (Å²) in [5, 5.41) is 3.70. The molecule has 0 bridgehead atoms. The summed E-state index contributed by atoms with van der Waals surface area (Å²) in [5.74, 6) is -0.770. The SMILES string of the molecule is Cc1ccc(NC2=C(c3ccccc3)C(=O)N(c3cc(Cl)ccc3C)C2=O)c(C)c1. The topological polar surface area (TPSA) is 49.4 Å². The van der Waals surface area contributed by atoms with Crippen molar-refractivity contribution >= 4 is 40.4 Å². The molecule has 0 saturated carbocycles. The Labute approximate surface area is 180 Å². The number of anilines is 2. The Bertz CT molecular complexity index is 1200. The molecule has 0 saturated heterocycles. The Hall–Kier alpha value is -3.37. The summed E-state index contributed by atoms with van der Waals surface area (Å²) in [6, 6.07) is 20.4. The highest BCUT2D eigenvalue weighted by molar-refractivity contribution is 6.46. The van der Waals surface area contributed by atoms with Crippen LogP contribution in [0.1, 0.15) is 22.3 Å². The molecule has 1 heterocycles. The third kappa shape index (κ3) is 3.51. The number of benzene rings is 3. The molecule has 3 aromatic carbocycles. The number of carbonyl (C=O) groups excluding carboxylic acids is 2. The molecule has 150 valence electrons. The van der Waals surface area contributed by atoms with Crippen molar-refractivity contribution in [2.24, 2.45) is 0 Å². The van der Waals surface area contributed by atoms with Crippen LogP contribution in [0.4, 0.5) is 11.4 Å². The molecule has 0 spiro atoms. The molecule has 1 aliphatic heterocycles. The van der Waals surface area contributed by atoms with Gasteiger partial charge in [-0.25, -0.2) is 4.90 Å². The van der Waals surface area contributed by atoms with Gasteiger partial charge in [-0.2, -0.15) is 0 Å². The summed E-state index contributed by atoms with van der Waals surface area (Å²) in [6.07, 6.45) is 0. The van der Waals surface area contributed by atoms with Crippen molar-refractivity contribution in [2.45, 2.75) is 20.8 Å². The van der Waals surface area contributed by atoms with Gasteiger partial charge in [-0.3, -0.25) is 9.59 Å². The van der Waals surface area contributed by atoms with Gasteiger partial charge in [0.1, 0.15) is 5.70 Å². The highest BCUT2D eigenvalue weighted by Gasteiger charge is 2.41. The second-order valence-corrected chi connectivity index (χ2v) is 7.87. The van der Waals surface area contributed by atoms with E-state index in [1.807, 2.05) is 69.3 Å². The minimum Gasteiger partial charge on any atom is -0.350 e. The molecule has 30 heavy (non-hydrogen) atoms. The zero-order valence-corrected chi connectivity index (χ0v) is 17.7. The van der Waals surface area contributed by atoms with Gasteiger partial charge in [0.15, 0.2) is 0 Å². The van der Waals surface area contributed by atoms with E-state index in [9.17, 15) is 9.59 Å². The second kappa shape index (κ2) is 7.81. The van der Waals surface area contributed by atoms with Crippen LogP contribution in [0.5, 0.6) is 0 Å². The molecule has 0 unspecified atom stereocenters. The average molecular weight is 417 g/mol. The van der Waals surface area contributed by atoms with Crippen molar-refractivity contribution in [1.82, 2.24) is 0 Å². The maximum Gasteiger partial charge on any atom is 0.282 e. The molecule has 1 N–H and O–H groups in total. The molecule has 4 rings (SSSR count). The second-order valence-electron chi connectivity index (χ2n) is 7.44. The molecule has 0 aliphatic carbocycles. The van der Waals surface area contributed by atoms with Crippen LogP contribution < -0.4 is 10.2 Å². The Morgan fingerprint density at radius 1 is 0.800 bits per heavy atom. The highest BCUT2D eigenvalue weighted by atomic mass is 35.5. The fourth-order valence-corrected chi connectivity index (χ4v) is 3.82. The molecule has 5 heteroatoms. The molecule has 0 radical (unpaired) electrons. The van der Waals surface area contributed by atoms with Crippen LogP contribution in [0.15, 0.2) is 72.4 Å². The number of nitrogens with one attached hydrogen (secondary N) is 1. The van der Waals surface area contributed by atoms with Crippen LogP contribution >= 0.6 is 11.6 Å². The number of halogens is 1. The van der Waals surface area contributed by atoms with Crippen LogP contribution in [-0.2, 0) is 9.59 Å². The Morgan fingerprint density at radius 3 is 2.23 bits per heavy atom. The molecule has 1 aliphatic rings. The number of hydrogen-bond acceptors (Lipinski definition) is 3. The van der Waals surface area contributed by atoms with Crippen molar-refractivity contribution in [3.05, 3.63) is 99.7 Å². The number of hydrogen-bond donors (Lipinski definition) is 1. The third-order valence-corrected chi connectivity index (χ3v) is 5.44. The number of amides is 2. The Balaban J connectivity index is 1.86. The zero-order valence-electron chi connectivity index (χ0n) is 17.0. The highest BCUT2D eigenvalue weighted by Crippen LogP contribution is 2.36. The van der Waals surface area contributed by atoms with Crippen molar-refractivity contribution < 1.29 is 9.59 Å². The van der Waals surface area contributed by atoms with E-state index in [4.69, 9.17) is 11.6 Å². The molecule has 0 atom stereocenters. The largest absolute Gasteiger partial charge is 0.350 e. The maximum absolute atomic E-state index is 13.5. The normalized spacial score (nSPS) is 13.9. The number of rotatable bonds is 4. The standard InChI is InChI=1S/C25H21ClN2O2/c1-15-9-12-20(17(3)13-15)27-23-22(18-7-5-4-6-8-18)24(29)28(25(23)30)21-14-19(26)11-10-16(21)2/h4-14,27H,1-3H3. The summed E-state index contributed by atoms with van der Waals surface area (Å²) in [7, 11) is 0. The predicted octanol–water partition coefficient (Wildman–Crippen LogP) is 5.66. The van der Waals surface area contributed by atoms with Crippen molar-refractivity contribution in [1.29, 1.82) is 0 Å². The minimum atomic E-state index is -0.399. The average Bonchev–Trinajstić information content (AvgIpc) is 2.96. The summed E-state index contributed by atoms with van der Waals surface area (Å²) in [6.45, 7) is 5.83. The first-order valence-corrected chi connectivity index (χ1v) is 10.0. The lowest BCUT2D eigenvalue weighted by Gasteiger charge is -2.18. The first-order chi connectivity index (χ1) is 14.4. The number of imide groups is 1. The molecule has 4 nitrogen and oxygen atoms in total. The summed E-state index contributed by atoms with van der Waals surface area (Å²) < 4.78 is 0. The van der Waals surface area contributed by atoms with Crippen LogP contribution in [0.25, 0.3) is 5.57 Å². The first kappa shape index (κ1) is 19.9. The van der Waals surface area contributed by atoms with Crippen LogP contribution in [0.2, 0.25) is 5.02 Å². The van der Waals surface area contributed by atoms with Crippen LogP contribution in [-0.4, -0.2) is 11.8 Å². The van der Waals surface area contributed by atoms with Gasteiger partial charge < -0.3 is 5.32 Å². The van der Waals surface area contributed by atoms with E-state index in [2.05, 4.69) is 5.32 Å². The van der Waals surface area contributed by atoms with Gasteiger partial charge in [-0.15, -0.1) is 0 Å². The summed E-state index contributed by atoms with van der Waals surface area (Å²) in [5.41, 5.74) is 5.48. The molecular weight excluding hydrogens is 396 g/mol. The van der Waals surface area contributed by atoms with E-state index in [1.54, 1.807) is 18.2 Å². The van der Waals surface area contributed by atoms with Crippen LogP contribution in [0, 0.1) is 20.8 Å². The van der Waals surface area contributed by atoms with E-state index in [1.165, 1.54) is 4.90 Å². The van der Waals surface area contributed by atoms with Gasteiger partial charge in [-0.1, -0.05) is 65.7 Å². The monoisotopic (exact) mass is 416 g/mol. The number of carbonyl (C=O) groups is 2. The van der Waals surface area contributed by atoms with E-state index in [0.29, 0.717) is 21.8 Å². The third-order valence-electron chi connectivity index (χ3n) is 5.20. The lowest BCUT2D eigenvalue weighted by molar-refractivity contribution is -0.120. The maximum atomic E-state index is 13.5. The fourth-order valence-electron chi connectivity index (χ4n) is 3.65. The fraction of sp³-hybridized carbons (Fsp3) is 0.120. The predicted molar refractivity (Wildman–Crippen MR) is 122 cm³/mol. The van der Waals surface area contributed by atoms with Gasteiger partial charge >= 0.3 is 0 Å². The van der Waals surface area contributed by atoms with E-state index < -0.39 is 5.91 Å². The van der Waals surface area contributed by atoms with Crippen LogP contribution in [0.3, 0.4) is 0 Å². The molecule has 2 amide bonds. The first-order valence-electron chi connectivity index (χ1n) is 9.65. The van der Waals surface area contributed by atoms with Crippen molar-refractivity contribution in [3.8, 4) is 0 Å². The minimum absolute atomic E-state index is 0.262. The summed E-state index contributed by atoms with van der Waals surface area (Å²) in [4.78, 5) is 28.2. The Morgan fingerprint density at radius 2 is 1.53 bits per heavy atom. The molecule has 0 fully saturated rings.